The van der Waals surface area contributed by atoms with Gasteiger partial charge in [0.05, 0.1) is 11.4 Å². The third kappa shape index (κ3) is 3.77. The summed E-state index contributed by atoms with van der Waals surface area (Å²) >= 11 is 6.58. The molecule has 0 radical (unpaired) electrons. The van der Waals surface area contributed by atoms with Gasteiger partial charge in [-0.2, -0.15) is 0 Å². The minimum atomic E-state index is -0.838. The van der Waals surface area contributed by atoms with Crippen LogP contribution in [0.15, 0.2) is 45.3 Å². The number of nitrogens with one attached hydrogen (secondary N) is 2. The van der Waals surface area contributed by atoms with Crippen molar-refractivity contribution < 1.29 is 13.6 Å². The maximum atomic E-state index is 13.4. The van der Waals surface area contributed by atoms with Crippen LogP contribution in [0.3, 0.4) is 0 Å². The van der Waals surface area contributed by atoms with E-state index < -0.39 is 17.7 Å². The Hall–Kier alpha value is -1.47. The molecule has 20 heavy (non-hydrogen) atoms. The molecule has 0 aliphatic rings. The molecular formula is C13H8Br2F2N2O. The fourth-order valence-corrected chi connectivity index (χ4v) is 2.60. The summed E-state index contributed by atoms with van der Waals surface area (Å²) in [5.74, 6) is -1.54. The molecule has 0 spiro atoms. The normalized spacial score (nSPS) is 10.2. The average molecular weight is 406 g/mol. The van der Waals surface area contributed by atoms with Crippen molar-refractivity contribution in [2.45, 2.75) is 0 Å². The summed E-state index contributed by atoms with van der Waals surface area (Å²) in [6.45, 7) is 0. The Bertz CT molecular complexity index is 609. The second kappa shape index (κ2) is 6.32. The number of carbonyl (C=O) groups excluding carboxylic acids is 1. The van der Waals surface area contributed by atoms with Crippen LogP contribution in [0.25, 0.3) is 0 Å². The van der Waals surface area contributed by atoms with Gasteiger partial charge in [-0.25, -0.2) is 13.6 Å². The van der Waals surface area contributed by atoms with E-state index >= 15 is 0 Å². The summed E-state index contributed by atoms with van der Waals surface area (Å²) in [6, 6.07) is 7.47. The monoisotopic (exact) mass is 404 g/mol. The van der Waals surface area contributed by atoms with E-state index in [9.17, 15) is 13.6 Å². The topological polar surface area (TPSA) is 41.1 Å². The van der Waals surface area contributed by atoms with E-state index in [1.165, 1.54) is 0 Å². The van der Waals surface area contributed by atoms with Gasteiger partial charge in [0.1, 0.15) is 11.6 Å². The highest BCUT2D eigenvalue weighted by Crippen LogP contribution is 2.26. The lowest BCUT2D eigenvalue weighted by Gasteiger charge is -2.10. The van der Waals surface area contributed by atoms with Gasteiger partial charge >= 0.3 is 6.03 Å². The number of hydrogen-bond acceptors (Lipinski definition) is 1. The molecule has 2 amide bonds. The van der Waals surface area contributed by atoms with Crippen LogP contribution in [0.2, 0.25) is 0 Å². The molecule has 0 aliphatic carbocycles. The molecule has 0 aliphatic heterocycles. The van der Waals surface area contributed by atoms with Gasteiger partial charge < -0.3 is 10.6 Å². The Kier molecular flexibility index (Phi) is 4.72. The number of hydrogen-bond donors (Lipinski definition) is 2. The van der Waals surface area contributed by atoms with E-state index in [-0.39, 0.29) is 5.69 Å². The van der Waals surface area contributed by atoms with Crippen LogP contribution >= 0.6 is 31.9 Å². The van der Waals surface area contributed by atoms with Gasteiger partial charge in [-0.05, 0) is 46.3 Å². The first-order valence-electron chi connectivity index (χ1n) is 5.44. The van der Waals surface area contributed by atoms with E-state index in [0.717, 1.165) is 16.6 Å². The number of carbonyl (C=O) groups is 1. The van der Waals surface area contributed by atoms with Crippen LogP contribution in [0.1, 0.15) is 0 Å². The van der Waals surface area contributed by atoms with Crippen molar-refractivity contribution in [1.29, 1.82) is 0 Å². The lowest BCUT2D eigenvalue weighted by molar-refractivity contribution is 0.262. The first kappa shape index (κ1) is 14.9. The fraction of sp³-hybridized carbons (Fsp3) is 0. The molecule has 7 heteroatoms. The number of rotatable bonds is 2. The van der Waals surface area contributed by atoms with E-state index in [0.29, 0.717) is 16.2 Å². The molecular weight excluding hydrogens is 398 g/mol. The molecule has 2 N–H and O–H groups in total. The van der Waals surface area contributed by atoms with E-state index in [4.69, 9.17) is 0 Å². The molecule has 0 heterocycles. The van der Waals surface area contributed by atoms with Crippen LogP contribution in [-0.2, 0) is 0 Å². The predicted molar refractivity (Wildman–Crippen MR) is 80.8 cm³/mol. The Morgan fingerprint density at radius 2 is 1.60 bits per heavy atom. The Balaban J connectivity index is 2.09. The molecule has 0 unspecified atom stereocenters. The van der Waals surface area contributed by atoms with Gasteiger partial charge in [-0.1, -0.05) is 15.9 Å². The van der Waals surface area contributed by atoms with Crippen LogP contribution in [-0.4, -0.2) is 6.03 Å². The summed E-state index contributed by atoms with van der Waals surface area (Å²) < 4.78 is 27.6. The molecule has 3 nitrogen and oxygen atoms in total. The summed E-state index contributed by atoms with van der Waals surface area (Å²) in [5, 5.41) is 4.85. The molecule has 0 aromatic heterocycles. The highest BCUT2D eigenvalue weighted by molar-refractivity contribution is 9.11. The largest absolute Gasteiger partial charge is 0.323 e. The van der Waals surface area contributed by atoms with Crippen molar-refractivity contribution in [3.63, 3.8) is 0 Å². The van der Waals surface area contributed by atoms with E-state index in [1.54, 1.807) is 18.2 Å². The molecule has 2 aromatic rings. The van der Waals surface area contributed by atoms with E-state index in [2.05, 4.69) is 42.5 Å². The number of urea groups is 1. The van der Waals surface area contributed by atoms with Gasteiger partial charge in [0, 0.05) is 15.0 Å². The van der Waals surface area contributed by atoms with Crippen molar-refractivity contribution >= 4 is 49.3 Å². The van der Waals surface area contributed by atoms with Gasteiger partial charge in [-0.15, -0.1) is 0 Å². The lowest BCUT2D eigenvalue weighted by Crippen LogP contribution is -2.20. The third-order valence-corrected chi connectivity index (χ3v) is 3.51. The smallest absolute Gasteiger partial charge is 0.307 e. The van der Waals surface area contributed by atoms with Crippen LogP contribution in [0.5, 0.6) is 0 Å². The minimum Gasteiger partial charge on any atom is -0.307 e. The number of benzene rings is 2. The molecule has 2 rings (SSSR count). The van der Waals surface area contributed by atoms with Crippen molar-refractivity contribution in [1.82, 2.24) is 0 Å². The van der Waals surface area contributed by atoms with Crippen LogP contribution in [0.4, 0.5) is 25.0 Å². The highest BCUT2D eigenvalue weighted by atomic mass is 79.9. The molecule has 0 saturated carbocycles. The Labute approximate surface area is 130 Å². The molecule has 0 fully saturated rings. The van der Waals surface area contributed by atoms with Gasteiger partial charge in [0.25, 0.3) is 0 Å². The summed E-state index contributed by atoms with van der Waals surface area (Å²) in [5.41, 5.74) is 0.422. The zero-order chi connectivity index (χ0) is 14.7. The second-order valence-corrected chi connectivity index (χ2v) is 5.60. The predicted octanol–water partition coefficient (Wildman–Crippen LogP) is 5.13. The zero-order valence-corrected chi connectivity index (χ0v) is 13.1. The van der Waals surface area contributed by atoms with Gasteiger partial charge in [0.2, 0.25) is 0 Å². The highest BCUT2D eigenvalue weighted by Gasteiger charge is 2.09. The van der Waals surface area contributed by atoms with Crippen molar-refractivity contribution in [2.24, 2.45) is 0 Å². The van der Waals surface area contributed by atoms with Crippen molar-refractivity contribution in [3.8, 4) is 0 Å². The molecule has 104 valence electrons. The first-order chi connectivity index (χ1) is 9.45. The molecule has 2 aromatic carbocycles. The fourth-order valence-electron chi connectivity index (χ4n) is 1.46. The van der Waals surface area contributed by atoms with Gasteiger partial charge in [-0.3, -0.25) is 0 Å². The average Bonchev–Trinajstić information content (AvgIpc) is 2.36. The maximum Gasteiger partial charge on any atom is 0.323 e. The minimum absolute atomic E-state index is 0.0999. The lowest BCUT2D eigenvalue weighted by atomic mass is 10.3. The molecule has 0 bridgehead atoms. The molecule has 0 saturated heterocycles. The number of amides is 2. The Morgan fingerprint density at radius 3 is 2.25 bits per heavy atom. The third-order valence-electron chi connectivity index (χ3n) is 2.36. The van der Waals surface area contributed by atoms with Gasteiger partial charge in [0.15, 0.2) is 0 Å². The molecule has 0 atom stereocenters. The SMILES string of the molecule is O=C(Nc1ccc(F)cc1F)Nc1ccc(Br)cc1Br. The zero-order valence-electron chi connectivity index (χ0n) is 9.88. The standard InChI is InChI=1S/C13H8Br2F2N2O/c14-7-1-3-11(9(15)5-7)18-13(20)19-12-4-2-8(16)6-10(12)17/h1-6H,(H2,18,19,20). The number of halogens is 4. The van der Waals surface area contributed by atoms with Crippen molar-refractivity contribution in [3.05, 3.63) is 57.0 Å². The van der Waals surface area contributed by atoms with Crippen LogP contribution in [0, 0.1) is 11.6 Å². The first-order valence-corrected chi connectivity index (χ1v) is 7.02. The number of anilines is 2. The van der Waals surface area contributed by atoms with E-state index in [1.807, 2.05) is 0 Å². The maximum absolute atomic E-state index is 13.4. The Morgan fingerprint density at radius 1 is 0.950 bits per heavy atom. The summed E-state index contributed by atoms with van der Waals surface area (Å²) in [4.78, 5) is 11.7. The quantitative estimate of drug-likeness (QED) is 0.714. The second-order valence-electron chi connectivity index (χ2n) is 3.83. The van der Waals surface area contributed by atoms with Crippen molar-refractivity contribution in [2.75, 3.05) is 10.6 Å². The van der Waals surface area contributed by atoms with Crippen LogP contribution < -0.4 is 10.6 Å². The summed E-state index contributed by atoms with van der Waals surface area (Å²) in [7, 11) is 0. The summed E-state index contributed by atoms with van der Waals surface area (Å²) in [6.07, 6.45) is 0.